The minimum absolute atomic E-state index is 0. The van der Waals surface area contributed by atoms with Crippen molar-refractivity contribution in [2.75, 3.05) is 45.2 Å². The zero-order valence-corrected chi connectivity index (χ0v) is 20.4. The Kier molecular flexibility index (Phi) is 9.48. The molecule has 0 bridgehead atoms. The van der Waals surface area contributed by atoms with Crippen molar-refractivity contribution < 1.29 is 44.9 Å². The van der Waals surface area contributed by atoms with Crippen LogP contribution in [0.1, 0.15) is 13.3 Å². The lowest BCUT2D eigenvalue weighted by molar-refractivity contribution is -0.891. The molecule has 0 aromatic heterocycles. The van der Waals surface area contributed by atoms with Gasteiger partial charge in [-0.3, -0.25) is 5.32 Å². The fourth-order valence-corrected chi connectivity index (χ4v) is 4.13. The summed E-state index contributed by atoms with van der Waals surface area (Å²) in [5.74, 6) is -0.529. The number of carbonyl (C=O) groups excluding carboxylic acids is 2. The average Bonchev–Trinajstić information content (AvgIpc) is 3.09. The van der Waals surface area contributed by atoms with Crippen molar-refractivity contribution in [2.24, 2.45) is 5.92 Å². The molecule has 3 rings (SSSR count). The molecule has 1 fully saturated rings. The summed E-state index contributed by atoms with van der Waals surface area (Å²) in [7, 11) is 2.01. The Morgan fingerprint density at radius 3 is 2.69 bits per heavy atom. The smallest absolute Gasteiger partial charge is 0.411 e. The van der Waals surface area contributed by atoms with Gasteiger partial charge in [-0.05, 0) is 30.7 Å². The largest absolute Gasteiger partial charge is 1.00 e. The predicted molar refractivity (Wildman–Crippen MR) is 117 cm³/mol. The summed E-state index contributed by atoms with van der Waals surface area (Å²) in [5.41, 5.74) is 1.94. The zero-order valence-electron chi connectivity index (χ0n) is 18.1. The number of anilines is 1. The van der Waals surface area contributed by atoms with Crippen molar-refractivity contribution in [3.05, 3.63) is 53.3 Å². The van der Waals surface area contributed by atoms with E-state index in [4.69, 9.17) is 21.1 Å². The van der Waals surface area contributed by atoms with Crippen LogP contribution in [0.3, 0.4) is 0 Å². The van der Waals surface area contributed by atoms with Crippen LogP contribution in [0.25, 0.3) is 11.1 Å². The second-order valence-electron chi connectivity index (χ2n) is 8.04. The van der Waals surface area contributed by atoms with Gasteiger partial charge in [0.05, 0.1) is 37.5 Å². The van der Waals surface area contributed by atoms with E-state index in [1.807, 2.05) is 19.2 Å². The first-order valence-electron chi connectivity index (χ1n) is 10.3. The number of hydrogen-bond acceptors (Lipinski definition) is 4. The van der Waals surface area contributed by atoms with Crippen molar-refractivity contribution in [3.63, 3.8) is 0 Å². The third-order valence-electron chi connectivity index (χ3n) is 5.44. The third kappa shape index (κ3) is 6.92. The molecule has 0 aliphatic carbocycles. The highest BCUT2D eigenvalue weighted by molar-refractivity contribution is 6.31. The fraction of sp³-hybridized carbons (Fsp3) is 0.391. The number of halogens is 3. The third-order valence-corrected chi connectivity index (χ3v) is 5.73. The molecule has 0 spiro atoms. The highest BCUT2D eigenvalue weighted by atomic mass is 79.9. The lowest BCUT2D eigenvalue weighted by atomic mass is 10.0. The lowest BCUT2D eigenvalue weighted by Crippen LogP contribution is -3.00. The molecule has 1 saturated heterocycles. The number of hydrogen-bond donors (Lipinski definition) is 1. The summed E-state index contributed by atoms with van der Waals surface area (Å²) >= 11 is 5.90. The van der Waals surface area contributed by atoms with Gasteiger partial charge in [-0.15, -0.1) is 0 Å². The zero-order chi connectivity index (χ0) is 22.4. The number of amides is 1. The molecular formula is C23H27BrClFN2O4. The molecule has 9 heteroatoms. The van der Waals surface area contributed by atoms with E-state index in [0.29, 0.717) is 34.4 Å². The first kappa shape index (κ1) is 26.1. The fourth-order valence-electron chi connectivity index (χ4n) is 3.95. The van der Waals surface area contributed by atoms with E-state index in [1.165, 1.54) is 12.1 Å². The lowest BCUT2D eigenvalue weighted by Gasteiger charge is -2.28. The van der Waals surface area contributed by atoms with Crippen molar-refractivity contribution in [3.8, 4) is 11.1 Å². The van der Waals surface area contributed by atoms with Crippen molar-refractivity contribution in [1.29, 1.82) is 0 Å². The Hall–Kier alpha value is -2.16. The molecule has 1 aliphatic rings. The average molecular weight is 530 g/mol. The van der Waals surface area contributed by atoms with Crippen LogP contribution >= 0.6 is 11.6 Å². The van der Waals surface area contributed by atoms with Gasteiger partial charge >= 0.3 is 12.1 Å². The van der Waals surface area contributed by atoms with Gasteiger partial charge in [-0.1, -0.05) is 35.9 Å². The number of para-hydroxylation sites is 1. The molecule has 174 valence electrons. The SMILES string of the molecule is CCOC(=O)C[N+]1(C)CC[C@@H](COC(=O)Nc2ccccc2-c2ccc(F)c(Cl)c2)C1.[Br-]. The Bertz CT molecular complexity index is 961. The second kappa shape index (κ2) is 11.6. The summed E-state index contributed by atoms with van der Waals surface area (Å²) in [6.07, 6.45) is 0.306. The maximum absolute atomic E-state index is 13.5. The number of likely N-dealkylation sites (N-methyl/N-ethyl adjacent to an activating group) is 1. The highest BCUT2D eigenvalue weighted by Crippen LogP contribution is 2.31. The van der Waals surface area contributed by atoms with Crippen LogP contribution in [0.15, 0.2) is 42.5 Å². The molecule has 32 heavy (non-hydrogen) atoms. The Labute approximate surface area is 203 Å². The summed E-state index contributed by atoms with van der Waals surface area (Å²) in [5, 5.41) is 2.77. The molecule has 1 aliphatic heterocycles. The molecule has 2 aromatic carbocycles. The van der Waals surface area contributed by atoms with E-state index < -0.39 is 11.9 Å². The molecule has 1 N–H and O–H groups in total. The van der Waals surface area contributed by atoms with Gasteiger partial charge in [-0.25, -0.2) is 14.0 Å². The number of carbonyl (C=O) groups is 2. The molecule has 1 heterocycles. The van der Waals surface area contributed by atoms with Gasteiger partial charge in [0.15, 0.2) is 6.54 Å². The van der Waals surface area contributed by atoms with Gasteiger partial charge in [0.25, 0.3) is 0 Å². The molecule has 2 atom stereocenters. The molecule has 0 saturated carbocycles. The van der Waals surface area contributed by atoms with Gasteiger partial charge in [-0.2, -0.15) is 0 Å². The van der Waals surface area contributed by atoms with Crippen LogP contribution in [-0.4, -0.2) is 56.4 Å². The van der Waals surface area contributed by atoms with Gasteiger partial charge in [0.2, 0.25) is 0 Å². The van der Waals surface area contributed by atoms with E-state index in [2.05, 4.69) is 5.32 Å². The van der Waals surface area contributed by atoms with Gasteiger partial charge < -0.3 is 30.9 Å². The van der Waals surface area contributed by atoms with Crippen LogP contribution in [-0.2, 0) is 14.3 Å². The van der Waals surface area contributed by atoms with E-state index in [0.717, 1.165) is 19.5 Å². The number of ether oxygens (including phenoxy) is 2. The first-order valence-corrected chi connectivity index (χ1v) is 10.6. The predicted octanol–water partition coefficient (Wildman–Crippen LogP) is 1.73. The minimum Gasteiger partial charge on any atom is -1.00 e. The normalized spacial score (nSPS) is 19.7. The van der Waals surface area contributed by atoms with Crippen LogP contribution < -0.4 is 22.3 Å². The number of nitrogens with zero attached hydrogens (tertiary/aromatic N) is 1. The molecule has 2 aromatic rings. The topological polar surface area (TPSA) is 64.6 Å². The number of benzene rings is 2. The number of likely N-dealkylation sites (tertiary alicyclic amines) is 1. The Morgan fingerprint density at radius 2 is 1.97 bits per heavy atom. The van der Waals surface area contributed by atoms with E-state index >= 15 is 0 Å². The van der Waals surface area contributed by atoms with Crippen LogP contribution in [0.4, 0.5) is 14.9 Å². The number of nitrogens with one attached hydrogen (secondary N) is 1. The van der Waals surface area contributed by atoms with E-state index in [1.54, 1.807) is 25.1 Å². The van der Waals surface area contributed by atoms with Crippen molar-refractivity contribution in [2.45, 2.75) is 13.3 Å². The Morgan fingerprint density at radius 1 is 1.22 bits per heavy atom. The summed E-state index contributed by atoms with van der Waals surface area (Å²) in [6.45, 7) is 4.34. The number of rotatable bonds is 7. The molecular weight excluding hydrogens is 503 g/mol. The molecule has 1 unspecified atom stereocenters. The molecule has 6 nitrogen and oxygen atoms in total. The quantitative estimate of drug-likeness (QED) is 0.438. The number of esters is 1. The monoisotopic (exact) mass is 528 g/mol. The standard InChI is InChI=1S/C23H26ClFN2O4.BrH/c1-3-30-22(28)14-27(2)11-10-16(13-27)15-31-23(29)26-21-7-5-4-6-18(21)17-8-9-20(25)19(24)12-17;/h4-9,12,16H,3,10-11,13-15H2,1-2H3;1H/t16-,27?;/m1./s1. The maximum Gasteiger partial charge on any atom is 0.411 e. The summed E-state index contributed by atoms with van der Waals surface area (Å²) < 4.78 is 24.6. The highest BCUT2D eigenvalue weighted by Gasteiger charge is 2.37. The second-order valence-corrected chi connectivity index (χ2v) is 8.45. The van der Waals surface area contributed by atoms with E-state index in [-0.39, 0.29) is 40.5 Å². The van der Waals surface area contributed by atoms with Crippen LogP contribution in [0.2, 0.25) is 5.02 Å². The van der Waals surface area contributed by atoms with Crippen molar-refractivity contribution in [1.82, 2.24) is 0 Å². The maximum atomic E-state index is 13.5. The van der Waals surface area contributed by atoms with Gasteiger partial charge in [0.1, 0.15) is 12.4 Å². The van der Waals surface area contributed by atoms with Crippen LogP contribution in [0, 0.1) is 11.7 Å². The van der Waals surface area contributed by atoms with E-state index in [9.17, 15) is 14.0 Å². The Balaban J connectivity index is 0.00000363. The van der Waals surface area contributed by atoms with Crippen LogP contribution in [0.5, 0.6) is 0 Å². The number of quaternary nitrogens is 1. The summed E-state index contributed by atoms with van der Waals surface area (Å²) in [6, 6.07) is 11.6. The summed E-state index contributed by atoms with van der Waals surface area (Å²) in [4.78, 5) is 24.2. The first-order chi connectivity index (χ1) is 14.8. The minimum atomic E-state index is -0.563. The molecule has 1 amide bonds. The van der Waals surface area contributed by atoms with Crippen molar-refractivity contribution >= 4 is 29.4 Å². The molecule has 0 radical (unpaired) electrons. The van der Waals surface area contributed by atoms with Gasteiger partial charge in [0, 0.05) is 17.9 Å².